The number of hydrogen-bond acceptors (Lipinski definition) is 18. The second-order valence-corrected chi connectivity index (χ2v) is 24.0. The summed E-state index contributed by atoms with van der Waals surface area (Å²) in [6.45, 7) is 25.4. The van der Waals surface area contributed by atoms with E-state index in [9.17, 15) is 43.5 Å². The van der Waals surface area contributed by atoms with Crippen LogP contribution in [0, 0.1) is 0 Å². The number of fused-ring (bicyclic) bond motifs is 6. The molecular weight excluding hydrogens is 1190 g/mol. The number of likely N-dealkylation sites (N-methyl/N-ethyl adjacent to an activating group) is 1. The van der Waals surface area contributed by atoms with Crippen LogP contribution in [0.15, 0.2) is 60.7 Å². The summed E-state index contributed by atoms with van der Waals surface area (Å²) >= 11 is 5.03. The molecule has 23 nitrogen and oxygen atoms in total. The van der Waals surface area contributed by atoms with E-state index in [4.69, 9.17) is 9.47 Å². The van der Waals surface area contributed by atoms with Gasteiger partial charge in [0.2, 0.25) is 47.3 Å². The second-order valence-electron chi connectivity index (χ2n) is 22.5. The molecule has 1 saturated heterocycles. The van der Waals surface area contributed by atoms with Crippen molar-refractivity contribution in [2.45, 2.75) is 111 Å². The van der Waals surface area contributed by atoms with Crippen LogP contribution in [0.3, 0.4) is 0 Å². The molecule has 0 aliphatic carbocycles. The van der Waals surface area contributed by atoms with Crippen molar-refractivity contribution in [3.8, 4) is 11.5 Å². The van der Waals surface area contributed by atoms with Crippen LogP contribution in [0.5, 0.6) is 11.5 Å². The number of hydrogen-bond donors (Lipinski definition) is 8. The van der Waals surface area contributed by atoms with E-state index >= 15 is 0 Å². The lowest BCUT2D eigenvalue weighted by atomic mass is 9.77. The second kappa shape index (κ2) is 40.4. The quantitative estimate of drug-likeness (QED) is 0.0227. The molecule has 3 aliphatic heterocycles. The Kier molecular flexibility index (Phi) is 34.1. The minimum absolute atomic E-state index is 0.0159. The molecular formula is C65H102N12O11S2. The first-order chi connectivity index (χ1) is 43.1. The number of carbonyl (C=O) groups excluding carboxylic acids is 8. The Hall–Kier alpha value is -6.48. The first-order valence-corrected chi connectivity index (χ1v) is 33.4. The molecule has 500 valence electrons. The molecule has 1 fully saturated rings. The maximum absolute atomic E-state index is 12.6. The van der Waals surface area contributed by atoms with Crippen molar-refractivity contribution in [3.63, 3.8) is 0 Å². The molecule has 0 saturated carbocycles. The number of carbonyl (C=O) groups is 8. The van der Waals surface area contributed by atoms with Gasteiger partial charge in [-0.3, -0.25) is 43.3 Å². The predicted molar refractivity (Wildman–Crippen MR) is 359 cm³/mol. The van der Waals surface area contributed by atoms with Crippen LogP contribution in [0.4, 0.5) is 11.4 Å². The van der Waals surface area contributed by atoms with E-state index in [1.807, 2.05) is 39.3 Å². The van der Waals surface area contributed by atoms with Crippen LogP contribution >= 0.6 is 24.4 Å². The SMILES string of the molecule is CC(=O)NCCCN(C)CCCNC(=O)CS.CC(=O)NCCCN(C)CCCNC(=O)CSC1CC(=O)N(CCC(=O)NCCCN(C)CCNC(C)=O)C1=O.CCN(CC)c1ccc2c(c1)Oc1cc(N(CC)CC)ccc1C21OC(O)c2ccccc21. The first-order valence-electron chi connectivity index (χ1n) is 31.7. The summed E-state index contributed by atoms with van der Waals surface area (Å²) in [4.78, 5) is 105. The predicted octanol–water partition coefficient (Wildman–Crippen LogP) is 4.45. The van der Waals surface area contributed by atoms with Gasteiger partial charge in [-0.1, -0.05) is 24.3 Å². The summed E-state index contributed by atoms with van der Waals surface area (Å²) in [7, 11) is 5.96. The number of aliphatic hydroxyl groups excluding tert-OH is 1. The number of nitrogens with zero attached hydrogens (tertiary/aromatic N) is 6. The topological polar surface area (TPSA) is 267 Å². The average Bonchev–Trinajstić information content (AvgIpc) is 1.42. The lowest BCUT2D eigenvalue weighted by Gasteiger charge is -2.38. The number of imide groups is 1. The summed E-state index contributed by atoms with van der Waals surface area (Å²) in [5, 5.41) is 27.0. The zero-order valence-electron chi connectivity index (χ0n) is 54.9. The maximum atomic E-state index is 12.6. The van der Waals surface area contributed by atoms with Crippen molar-refractivity contribution < 1.29 is 52.9 Å². The van der Waals surface area contributed by atoms with E-state index in [-0.39, 0.29) is 78.1 Å². The molecule has 25 heteroatoms. The van der Waals surface area contributed by atoms with Gasteiger partial charge in [-0.25, -0.2) is 0 Å². The average molecular weight is 1290 g/mol. The zero-order chi connectivity index (χ0) is 66.2. The van der Waals surface area contributed by atoms with Gasteiger partial charge in [0.1, 0.15) is 11.5 Å². The van der Waals surface area contributed by atoms with E-state index in [1.165, 1.54) is 20.8 Å². The maximum Gasteiger partial charge on any atom is 0.242 e. The molecule has 3 aromatic carbocycles. The van der Waals surface area contributed by atoms with Crippen LogP contribution in [0.1, 0.15) is 122 Å². The van der Waals surface area contributed by atoms with E-state index in [0.717, 1.165) is 159 Å². The molecule has 6 rings (SSSR count). The van der Waals surface area contributed by atoms with Crippen molar-refractivity contribution in [1.29, 1.82) is 0 Å². The van der Waals surface area contributed by atoms with Gasteiger partial charge >= 0.3 is 0 Å². The Bertz CT molecular complexity index is 2730. The summed E-state index contributed by atoms with van der Waals surface area (Å²) in [5.74, 6) is 0.680. The van der Waals surface area contributed by atoms with E-state index in [0.29, 0.717) is 39.3 Å². The molecule has 8 amide bonds. The van der Waals surface area contributed by atoms with Crippen molar-refractivity contribution in [1.82, 2.24) is 51.5 Å². The normalized spacial score (nSPS) is 14.9. The van der Waals surface area contributed by atoms with Gasteiger partial charge in [0.25, 0.3) is 0 Å². The number of thiol groups is 1. The molecule has 0 aromatic heterocycles. The van der Waals surface area contributed by atoms with Crippen LogP contribution in [0.2, 0.25) is 0 Å². The molecule has 2 atom stereocenters. The highest BCUT2D eigenvalue weighted by molar-refractivity contribution is 8.01. The van der Waals surface area contributed by atoms with Gasteiger partial charge in [0, 0.05) is 158 Å². The molecule has 3 aliphatic rings. The third-order valence-electron chi connectivity index (χ3n) is 15.5. The monoisotopic (exact) mass is 1290 g/mol. The van der Waals surface area contributed by atoms with Crippen LogP contribution in [-0.2, 0) is 48.7 Å². The molecule has 7 N–H and O–H groups in total. The lowest BCUT2D eigenvalue weighted by molar-refractivity contribution is -0.142. The standard InChI is InChI=1S/C28H32N2O3.C26H47N7O6S.C11H23N3O2S/c1-5-29(6-2)19-13-15-23-25(17-19)32-26-18-20(30(7-3)8-4)14-16-24(26)28(23)22-12-10-9-11-21(22)27(31)33-28;1-20(34)27-9-5-13-31(3)14-7-11-30-24(37)19-40-22-18-25(38)33(26(22)39)16-8-23(36)29-10-6-15-32(4)17-12-28-21(2)35;1-10(15)12-5-3-7-14(2)8-4-6-13-11(16)9-17/h9-18,27,31H,5-8H2,1-4H3;22H,5-19H2,1-4H3,(H,27,34)(H,28,35)(H,29,36)(H,30,37);17H,3-9H2,1-2H3,(H,12,15)(H,13,16). The van der Waals surface area contributed by atoms with Crippen molar-refractivity contribution >= 4 is 83.0 Å². The van der Waals surface area contributed by atoms with Gasteiger partial charge in [-0.15, -0.1) is 11.8 Å². The Morgan fingerprint density at radius 2 is 1.02 bits per heavy atom. The minimum Gasteiger partial charge on any atom is -0.456 e. The van der Waals surface area contributed by atoms with Crippen molar-refractivity contribution in [3.05, 3.63) is 82.9 Å². The van der Waals surface area contributed by atoms with Crippen molar-refractivity contribution in [2.75, 3.05) is 154 Å². The smallest absolute Gasteiger partial charge is 0.242 e. The summed E-state index contributed by atoms with van der Waals surface area (Å²) in [6.07, 6.45) is 3.32. The summed E-state index contributed by atoms with van der Waals surface area (Å²) < 4.78 is 13.0. The Balaban J connectivity index is 0.000000310. The van der Waals surface area contributed by atoms with Crippen LogP contribution < -0.4 is 46.4 Å². The van der Waals surface area contributed by atoms with E-state index < -0.39 is 17.1 Å². The molecule has 2 unspecified atom stereocenters. The summed E-state index contributed by atoms with van der Waals surface area (Å²) in [5.41, 5.74) is 4.93. The van der Waals surface area contributed by atoms with E-state index in [1.54, 1.807) is 0 Å². The van der Waals surface area contributed by atoms with Gasteiger partial charge in [-0.05, 0) is 138 Å². The first kappa shape index (κ1) is 76.0. The Morgan fingerprint density at radius 3 is 1.49 bits per heavy atom. The lowest BCUT2D eigenvalue weighted by Crippen LogP contribution is -2.37. The number of likely N-dealkylation sites (tertiary alicyclic amines) is 1. The number of rotatable bonds is 36. The number of amides is 8. The Morgan fingerprint density at radius 1 is 0.589 bits per heavy atom. The highest BCUT2D eigenvalue weighted by atomic mass is 32.2. The highest BCUT2D eigenvalue weighted by Gasteiger charge is 2.52. The third kappa shape index (κ3) is 24.6. The Labute approximate surface area is 543 Å². The molecule has 3 heterocycles. The molecule has 1 spiro atoms. The van der Waals surface area contributed by atoms with Crippen LogP contribution in [-0.4, -0.2) is 221 Å². The van der Waals surface area contributed by atoms with Crippen LogP contribution in [0.25, 0.3) is 0 Å². The van der Waals surface area contributed by atoms with Crippen molar-refractivity contribution in [2.24, 2.45) is 0 Å². The molecule has 0 bridgehead atoms. The fourth-order valence-electron chi connectivity index (χ4n) is 10.7. The number of benzene rings is 3. The number of thioether (sulfide) groups is 1. The molecule has 90 heavy (non-hydrogen) atoms. The van der Waals surface area contributed by atoms with Gasteiger partial charge in [-0.2, -0.15) is 12.6 Å². The fraction of sp³-hybridized carbons (Fsp3) is 0.600. The minimum atomic E-state index is -0.995. The van der Waals surface area contributed by atoms with Gasteiger partial charge in [0.05, 0.1) is 16.8 Å². The zero-order valence-corrected chi connectivity index (χ0v) is 56.6. The number of ether oxygens (including phenoxy) is 2. The third-order valence-corrected chi connectivity index (χ3v) is 17.0. The van der Waals surface area contributed by atoms with E-state index in [2.05, 4.69) is 139 Å². The summed E-state index contributed by atoms with van der Waals surface area (Å²) in [6, 6.07) is 20.6. The highest BCUT2D eigenvalue weighted by Crippen LogP contribution is 2.59. The number of aliphatic hydroxyl groups is 1. The fourth-order valence-corrected chi connectivity index (χ4v) is 11.8. The number of nitrogens with one attached hydrogen (secondary N) is 6. The number of anilines is 2. The van der Waals surface area contributed by atoms with Gasteiger partial charge in [0.15, 0.2) is 11.9 Å². The van der Waals surface area contributed by atoms with Gasteiger partial charge < -0.3 is 71.0 Å². The molecule has 3 aromatic rings. The largest absolute Gasteiger partial charge is 0.456 e. The molecule has 0 radical (unpaired) electrons.